The van der Waals surface area contributed by atoms with Crippen molar-refractivity contribution in [3.05, 3.63) is 34.9 Å². The lowest BCUT2D eigenvalue weighted by molar-refractivity contribution is -0.126. The molecule has 1 unspecified atom stereocenters. The van der Waals surface area contributed by atoms with Crippen LogP contribution in [-0.2, 0) is 23.2 Å². The van der Waals surface area contributed by atoms with Crippen LogP contribution in [0.15, 0.2) is 18.5 Å². The molecule has 0 aliphatic carbocycles. The summed E-state index contributed by atoms with van der Waals surface area (Å²) in [6.07, 6.45) is -0.313. The fourth-order valence-corrected chi connectivity index (χ4v) is 6.69. The van der Waals surface area contributed by atoms with Crippen LogP contribution in [0.25, 0.3) is 10.2 Å². The van der Waals surface area contributed by atoms with Crippen LogP contribution < -0.4 is 14.3 Å². The Hall–Kier alpha value is -2.62. The highest BCUT2D eigenvalue weighted by atomic mass is 32.2. The van der Waals surface area contributed by atoms with Crippen molar-refractivity contribution in [2.45, 2.75) is 38.9 Å². The van der Waals surface area contributed by atoms with Gasteiger partial charge in [0, 0.05) is 43.5 Å². The lowest BCUT2D eigenvalue weighted by Gasteiger charge is -2.25. The summed E-state index contributed by atoms with van der Waals surface area (Å²) in [5, 5.41) is 0.686. The average Bonchev–Trinajstić information content (AvgIpc) is 3.52. The number of halogens is 3. The minimum absolute atomic E-state index is 0.0613. The summed E-state index contributed by atoms with van der Waals surface area (Å²) in [5.41, 5.74) is 0.800. The summed E-state index contributed by atoms with van der Waals surface area (Å²) in [5.74, 6) is 1.41. The minimum Gasteiger partial charge on any atom is -0.355 e. The number of rotatable bonds is 7. The maximum atomic E-state index is 13.0. The number of anilines is 2. The molecule has 2 saturated heterocycles. The van der Waals surface area contributed by atoms with E-state index in [9.17, 15) is 21.6 Å². The zero-order valence-electron chi connectivity index (χ0n) is 20.3. The Morgan fingerprint density at radius 2 is 1.92 bits per heavy atom. The van der Waals surface area contributed by atoms with E-state index in [4.69, 9.17) is 0 Å². The van der Waals surface area contributed by atoms with Crippen molar-refractivity contribution in [2.24, 2.45) is 5.41 Å². The van der Waals surface area contributed by atoms with E-state index in [0.717, 1.165) is 56.1 Å². The number of aromatic nitrogens is 4. The van der Waals surface area contributed by atoms with Crippen LogP contribution in [0, 0.1) is 12.3 Å². The van der Waals surface area contributed by atoms with Crippen molar-refractivity contribution in [3.63, 3.8) is 0 Å². The first-order valence-electron chi connectivity index (χ1n) is 11.8. The molecule has 5 rings (SSSR count). The second-order valence-corrected chi connectivity index (χ2v) is 12.4. The Balaban J connectivity index is 1.26. The van der Waals surface area contributed by atoms with E-state index in [-0.39, 0.29) is 16.1 Å². The second-order valence-electron chi connectivity index (χ2n) is 9.65. The molecular weight excluding hydrogens is 529 g/mol. The molecule has 15 heteroatoms. The molecule has 2 aliphatic heterocycles. The van der Waals surface area contributed by atoms with Gasteiger partial charge in [0.15, 0.2) is 5.82 Å². The highest BCUT2D eigenvalue weighted by Crippen LogP contribution is 2.43. The highest BCUT2D eigenvalue weighted by molar-refractivity contribution is 7.90. The Morgan fingerprint density at radius 1 is 1.14 bits per heavy atom. The van der Waals surface area contributed by atoms with Crippen LogP contribution in [0.2, 0.25) is 0 Å². The van der Waals surface area contributed by atoms with E-state index in [0.29, 0.717) is 28.4 Å². The molecule has 0 radical (unpaired) electrons. The zero-order chi connectivity index (χ0) is 26.4. The Bertz CT molecular complexity index is 1400. The lowest BCUT2D eigenvalue weighted by atomic mass is 9.86. The van der Waals surface area contributed by atoms with Gasteiger partial charge in [0.1, 0.15) is 16.5 Å². The topological polar surface area (TPSA) is 116 Å². The van der Waals surface area contributed by atoms with Gasteiger partial charge in [-0.15, -0.1) is 11.3 Å². The quantitative estimate of drug-likeness (QED) is 0.457. The number of hydrogen-bond acceptors (Lipinski definition) is 9. The normalized spacial score (nSPS) is 20.9. The number of likely N-dealkylation sites (tertiary alicyclic amines) is 1. The molecule has 2 fully saturated rings. The van der Waals surface area contributed by atoms with Gasteiger partial charge in [-0.25, -0.2) is 19.7 Å². The van der Waals surface area contributed by atoms with Gasteiger partial charge in [-0.1, -0.05) is 0 Å². The summed E-state index contributed by atoms with van der Waals surface area (Å²) in [7, 11) is -2.35. The number of alkyl halides is 3. The van der Waals surface area contributed by atoms with Crippen LogP contribution >= 0.6 is 11.3 Å². The molecule has 5 heterocycles. The molecular formula is C22H27F3N8O2S2. The van der Waals surface area contributed by atoms with Crippen molar-refractivity contribution in [3.8, 4) is 0 Å². The Labute approximate surface area is 216 Å². The number of aryl methyl sites for hydroxylation is 1. The monoisotopic (exact) mass is 556 g/mol. The van der Waals surface area contributed by atoms with E-state index in [1.54, 1.807) is 19.2 Å². The van der Waals surface area contributed by atoms with Crippen molar-refractivity contribution in [2.75, 3.05) is 42.8 Å². The number of nitrogens with zero attached hydrogens (tertiary/aromatic N) is 6. The molecule has 2 N–H and O–H groups in total. The molecule has 10 nitrogen and oxygen atoms in total. The smallest absolute Gasteiger partial charge is 0.355 e. The molecule has 200 valence electrons. The minimum atomic E-state index is -4.26. The predicted octanol–water partition coefficient (Wildman–Crippen LogP) is 2.87. The molecule has 1 spiro atoms. The van der Waals surface area contributed by atoms with Crippen LogP contribution in [0.4, 0.5) is 24.8 Å². The molecule has 0 bridgehead atoms. The van der Waals surface area contributed by atoms with E-state index in [2.05, 4.69) is 39.2 Å². The van der Waals surface area contributed by atoms with Crippen molar-refractivity contribution >= 4 is 43.4 Å². The van der Waals surface area contributed by atoms with Crippen LogP contribution in [0.5, 0.6) is 0 Å². The van der Waals surface area contributed by atoms with Crippen LogP contribution in [0.3, 0.4) is 0 Å². The van der Waals surface area contributed by atoms with E-state index in [1.807, 2.05) is 0 Å². The summed E-state index contributed by atoms with van der Waals surface area (Å²) < 4.78 is 66.5. The summed E-state index contributed by atoms with van der Waals surface area (Å²) >= 11 is 1.08. The first-order valence-corrected chi connectivity index (χ1v) is 14.1. The number of nitrogens with one attached hydrogen (secondary N) is 2. The third kappa shape index (κ3) is 5.94. The standard InChI is InChI=1S/C22H27F3N8O2S2/c1-14-29-19(17-7-16(8-22(23,24)25)36-20(17)30-14)33-6-4-21(13-33)3-5-32(12-21)11-15-9-28-18(10-27-15)31-37(34,35)26-2/h7,9-10,26H,3-6,8,11-13H2,1-2H3,(H,28,31). The SMILES string of the molecule is CNS(=O)(=O)Nc1cnc(CN2CCC3(CCN(c4nc(C)nc5sc(CC(F)(F)F)cc45)C3)C2)cn1. The first kappa shape index (κ1) is 26.0. The van der Waals surface area contributed by atoms with E-state index >= 15 is 0 Å². The number of hydrogen-bond donors (Lipinski definition) is 2. The number of fused-ring (bicyclic) bond motifs is 1. The fourth-order valence-electron chi connectivity index (χ4n) is 5.10. The van der Waals surface area contributed by atoms with Gasteiger partial charge in [-0.05, 0) is 32.4 Å². The molecule has 2 aliphatic rings. The largest absolute Gasteiger partial charge is 0.393 e. The third-order valence-electron chi connectivity index (χ3n) is 6.76. The van der Waals surface area contributed by atoms with Gasteiger partial charge in [0.2, 0.25) is 0 Å². The van der Waals surface area contributed by atoms with Gasteiger partial charge in [0.25, 0.3) is 10.2 Å². The van der Waals surface area contributed by atoms with Crippen LogP contribution in [-0.4, -0.2) is 72.7 Å². The van der Waals surface area contributed by atoms with E-state index < -0.39 is 22.8 Å². The van der Waals surface area contributed by atoms with Crippen molar-refractivity contribution < 1.29 is 21.6 Å². The van der Waals surface area contributed by atoms with Gasteiger partial charge in [0.05, 0.1) is 29.9 Å². The predicted molar refractivity (Wildman–Crippen MR) is 135 cm³/mol. The lowest BCUT2D eigenvalue weighted by Crippen LogP contribution is -2.31. The van der Waals surface area contributed by atoms with Crippen LogP contribution in [0.1, 0.15) is 29.2 Å². The molecule has 0 aromatic carbocycles. The fraction of sp³-hybridized carbons (Fsp3) is 0.545. The molecule has 0 saturated carbocycles. The molecule has 0 amide bonds. The van der Waals surface area contributed by atoms with Gasteiger partial charge in [-0.3, -0.25) is 14.6 Å². The van der Waals surface area contributed by atoms with Gasteiger partial charge >= 0.3 is 6.18 Å². The summed E-state index contributed by atoms with van der Waals surface area (Å²) in [4.78, 5) is 22.8. The zero-order valence-corrected chi connectivity index (χ0v) is 22.0. The third-order valence-corrected chi connectivity index (χ3v) is 8.81. The van der Waals surface area contributed by atoms with Crippen molar-refractivity contribution in [1.29, 1.82) is 0 Å². The molecule has 37 heavy (non-hydrogen) atoms. The highest BCUT2D eigenvalue weighted by Gasteiger charge is 2.44. The Morgan fingerprint density at radius 3 is 2.62 bits per heavy atom. The molecule has 1 atom stereocenters. The second kappa shape index (κ2) is 9.60. The maximum Gasteiger partial charge on any atom is 0.393 e. The van der Waals surface area contributed by atoms with Crippen molar-refractivity contribution in [1.82, 2.24) is 29.6 Å². The van der Waals surface area contributed by atoms with Gasteiger partial charge < -0.3 is 4.90 Å². The van der Waals surface area contributed by atoms with E-state index in [1.165, 1.54) is 13.2 Å². The molecule has 3 aromatic rings. The Kier molecular flexibility index (Phi) is 6.75. The summed E-state index contributed by atoms with van der Waals surface area (Å²) in [6, 6.07) is 1.59. The molecule has 3 aromatic heterocycles. The average molecular weight is 557 g/mol. The first-order chi connectivity index (χ1) is 17.4. The maximum absolute atomic E-state index is 13.0. The summed E-state index contributed by atoms with van der Waals surface area (Å²) in [6.45, 7) is 5.66. The van der Waals surface area contributed by atoms with Gasteiger partial charge in [-0.2, -0.15) is 21.6 Å². The number of thiophene rings is 1.